The van der Waals surface area contributed by atoms with Crippen LogP contribution in [0.25, 0.3) is 32.7 Å². The van der Waals surface area contributed by atoms with Gasteiger partial charge in [0.1, 0.15) is 16.3 Å². The van der Waals surface area contributed by atoms with E-state index < -0.39 is 5.60 Å². The number of morpholine rings is 1. The van der Waals surface area contributed by atoms with Crippen LogP contribution >= 0.6 is 22.9 Å². The number of ether oxygens (including phenoxy) is 1. The topological polar surface area (TPSA) is 92.1 Å². The largest absolute Gasteiger partial charge is 0.383 e. The molecule has 0 aromatic carbocycles. The summed E-state index contributed by atoms with van der Waals surface area (Å²) in [6.07, 6.45) is 9.99. The third-order valence-electron chi connectivity index (χ3n) is 6.64. The Morgan fingerprint density at radius 3 is 2.79 bits per heavy atom. The van der Waals surface area contributed by atoms with Crippen molar-refractivity contribution in [2.45, 2.75) is 31.4 Å². The van der Waals surface area contributed by atoms with Crippen molar-refractivity contribution >= 4 is 34.0 Å². The second kappa shape index (κ2) is 8.48. The van der Waals surface area contributed by atoms with Crippen molar-refractivity contribution in [1.82, 2.24) is 29.6 Å². The highest BCUT2D eigenvalue weighted by Gasteiger charge is 2.39. The molecule has 0 atom stereocenters. The molecule has 2 aliphatic rings. The molecule has 1 saturated carbocycles. The molecule has 0 amide bonds. The number of aromatic amines is 1. The predicted octanol–water partition coefficient (Wildman–Crippen LogP) is 3.91. The molecule has 0 bridgehead atoms. The van der Waals surface area contributed by atoms with E-state index in [-0.39, 0.29) is 0 Å². The number of fused-ring (bicyclic) bond motifs is 1. The van der Waals surface area contributed by atoms with Gasteiger partial charge in [-0.2, -0.15) is 5.10 Å². The molecule has 1 aliphatic carbocycles. The quantitative estimate of drug-likeness (QED) is 0.431. The second-order valence-electron chi connectivity index (χ2n) is 8.79. The summed E-state index contributed by atoms with van der Waals surface area (Å²) in [7, 11) is 0. The maximum atomic E-state index is 10.7. The number of thiazole rings is 1. The number of aromatic nitrogens is 5. The van der Waals surface area contributed by atoms with E-state index in [4.69, 9.17) is 16.3 Å². The zero-order valence-electron chi connectivity index (χ0n) is 18.1. The van der Waals surface area contributed by atoms with Gasteiger partial charge in [0.25, 0.3) is 0 Å². The molecule has 4 aromatic rings. The number of aliphatic hydroxyl groups is 1. The molecule has 0 spiro atoms. The monoisotopic (exact) mass is 484 g/mol. The maximum absolute atomic E-state index is 10.7. The smallest absolute Gasteiger partial charge is 0.138 e. The minimum atomic E-state index is -0.777. The zero-order chi connectivity index (χ0) is 22.4. The van der Waals surface area contributed by atoms with E-state index in [0.717, 1.165) is 96.4 Å². The first-order valence-electron chi connectivity index (χ1n) is 11.3. The Hall–Kier alpha value is -2.30. The molecule has 6 rings (SSSR count). The third kappa shape index (κ3) is 3.98. The Balaban J connectivity index is 1.27. The Labute approximate surface area is 200 Å². The van der Waals surface area contributed by atoms with E-state index in [9.17, 15) is 5.11 Å². The van der Waals surface area contributed by atoms with Crippen molar-refractivity contribution < 1.29 is 9.84 Å². The van der Waals surface area contributed by atoms with Crippen LogP contribution in [0.3, 0.4) is 0 Å². The van der Waals surface area contributed by atoms with Crippen molar-refractivity contribution in [3.8, 4) is 21.7 Å². The predicted molar refractivity (Wildman–Crippen MR) is 128 cm³/mol. The SMILES string of the molecule is OC1(c2ncc(-c3c(Cl)cnc4[nH]c(-c5cnn(CCN6CCOCC6)c5)cc34)s2)CCC1. The average molecular weight is 485 g/mol. The summed E-state index contributed by atoms with van der Waals surface area (Å²) >= 11 is 8.10. The first-order valence-corrected chi connectivity index (χ1v) is 12.5. The Bertz CT molecular complexity index is 1290. The highest BCUT2D eigenvalue weighted by atomic mass is 35.5. The van der Waals surface area contributed by atoms with Gasteiger partial charge in [0.15, 0.2) is 0 Å². The van der Waals surface area contributed by atoms with E-state index in [2.05, 4.69) is 37.2 Å². The molecule has 1 aliphatic heterocycles. The van der Waals surface area contributed by atoms with Crippen LogP contribution in [0.2, 0.25) is 5.02 Å². The summed E-state index contributed by atoms with van der Waals surface area (Å²) in [5, 5.41) is 17.5. The van der Waals surface area contributed by atoms with E-state index in [1.165, 1.54) is 11.3 Å². The lowest BCUT2D eigenvalue weighted by Gasteiger charge is -2.34. The molecule has 0 unspecified atom stereocenters. The molecular formula is C23H25ClN6O2S. The molecular weight excluding hydrogens is 460 g/mol. The summed E-state index contributed by atoms with van der Waals surface area (Å²) in [6, 6.07) is 2.07. The van der Waals surface area contributed by atoms with Crippen molar-refractivity contribution in [1.29, 1.82) is 0 Å². The summed E-state index contributed by atoms with van der Waals surface area (Å²) < 4.78 is 7.40. The number of halogens is 1. The fourth-order valence-electron chi connectivity index (χ4n) is 4.48. The summed E-state index contributed by atoms with van der Waals surface area (Å²) in [5.74, 6) is 0. The first kappa shape index (κ1) is 21.2. The maximum Gasteiger partial charge on any atom is 0.138 e. The van der Waals surface area contributed by atoms with Crippen LogP contribution in [0, 0.1) is 0 Å². The van der Waals surface area contributed by atoms with Gasteiger partial charge in [0.2, 0.25) is 0 Å². The zero-order valence-corrected chi connectivity index (χ0v) is 19.7. The average Bonchev–Trinajstić information content (AvgIpc) is 3.56. The van der Waals surface area contributed by atoms with E-state index in [1.54, 1.807) is 6.20 Å². The van der Waals surface area contributed by atoms with Crippen molar-refractivity contribution in [2.75, 3.05) is 32.8 Å². The number of pyridine rings is 1. The van der Waals surface area contributed by atoms with E-state index in [0.29, 0.717) is 5.02 Å². The second-order valence-corrected chi connectivity index (χ2v) is 10.2. The molecule has 2 N–H and O–H groups in total. The molecule has 2 fully saturated rings. The van der Waals surface area contributed by atoms with Gasteiger partial charge in [-0.05, 0) is 25.3 Å². The number of nitrogens with one attached hydrogen (secondary N) is 1. The summed E-state index contributed by atoms with van der Waals surface area (Å²) in [6.45, 7) is 5.35. The lowest BCUT2D eigenvalue weighted by molar-refractivity contribution is -0.0389. The normalized spacial score (nSPS) is 18.6. The van der Waals surface area contributed by atoms with Gasteiger partial charge < -0.3 is 14.8 Å². The van der Waals surface area contributed by atoms with Gasteiger partial charge >= 0.3 is 0 Å². The lowest BCUT2D eigenvalue weighted by Crippen LogP contribution is -2.38. The fraction of sp³-hybridized carbons (Fsp3) is 0.435. The molecule has 4 aromatic heterocycles. The number of nitrogens with zero attached hydrogens (tertiary/aromatic N) is 5. The number of H-pyrrole nitrogens is 1. The van der Waals surface area contributed by atoms with Gasteiger partial charge in [0, 0.05) is 54.7 Å². The minimum absolute atomic E-state index is 0.574. The number of rotatable bonds is 6. The standard InChI is InChI=1S/C23H25ClN6O2S/c24-17-12-25-21-16(20(17)19-13-26-22(33-19)23(31)2-1-3-23)10-18(28-21)15-11-27-30(14-15)5-4-29-6-8-32-9-7-29/h10-14,31H,1-9H2,(H,25,28). The van der Waals surface area contributed by atoms with Crippen LogP contribution in [0.5, 0.6) is 0 Å². The van der Waals surface area contributed by atoms with Crippen molar-refractivity contribution in [2.24, 2.45) is 0 Å². The summed E-state index contributed by atoms with van der Waals surface area (Å²) in [5.41, 5.74) is 2.84. The highest BCUT2D eigenvalue weighted by molar-refractivity contribution is 7.15. The van der Waals surface area contributed by atoms with Crippen LogP contribution in [0.1, 0.15) is 24.3 Å². The van der Waals surface area contributed by atoms with Gasteiger partial charge in [-0.15, -0.1) is 11.3 Å². The van der Waals surface area contributed by atoms with Crippen LogP contribution in [0.4, 0.5) is 0 Å². The molecule has 172 valence electrons. The van der Waals surface area contributed by atoms with Gasteiger partial charge in [-0.3, -0.25) is 9.58 Å². The van der Waals surface area contributed by atoms with Crippen LogP contribution in [0.15, 0.2) is 30.9 Å². The third-order valence-corrected chi connectivity index (χ3v) is 8.13. The molecule has 10 heteroatoms. The molecule has 1 saturated heterocycles. The van der Waals surface area contributed by atoms with E-state index >= 15 is 0 Å². The Morgan fingerprint density at radius 2 is 2.00 bits per heavy atom. The van der Waals surface area contributed by atoms with E-state index in [1.807, 2.05) is 17.1 Å². The van der Waals surface area contributed by atoms with Gasteiger partial charge in [-0.1, -0.05) is 11.6 Å². The minimum Gasteiger partial charge on any atom is -0.383 e. The molecule has 8 nitrogen and oxygen atoms in total. The Kier molecular flexibility index (Phi) is 5.46. The number of hydrogen-bond acceptors (Lipinski definition) is 7. The van der Waals surface area contributed by atoms with Gasteiger partial charge in [-0.25, -0.2) is 9.97 Å². The lowest BCUT2D eigenvalue weighted by atomic mass is 9.81. The van der Waals surface area contributed by atoms with Crippen molar-refractivity contribution in [3.63, 3.8) is 0 Å². The fourth-order valence-corrected chi connectivity index (χ4v) is 5.92. The molecule has 33 heavy (non-hydrogen) atoms. The van der Waals surface area contributed by atoms with Crippen LogP contribution in [-0.2, 0) is 16.9 Å². The summed E-state index contributed by atoms with van der Waals surface area (Å²) in [4.78, 5) is 15.8. The van der Waals surface area contributed by atoms with Crippen LogP contribution < -0.4 is 0 Å². The molecule has 0 radical (unpaired) electrons. The van der Waals surface area contributed by atoms with Crippen LogP contribution in [-0.4, -0.2) is 67.6 Å². The first-order chi connectivity index (χ1) is 16.1. The highest BCUT2D eigenvalue weighted by Crippen LogP contribution is 2.46. The number of hydrogen-bond donors (Lipinski definition) is 2. The molecule has 5 heterocycles. The Morgan fingerprint density at radius 1 is 1.15 bits per heavy atom. The van der Waals surface area contributed by atoms with Crippen molar-refractivity contribution in [3.05, 3.63) is 40.9 Å². The van der Waals surface area contributed by atoms with Gasteiger partial charge in [0.05, 0.1) is 41.5 Å².